The lowest BCUT2D eigenvalue weighted by molar-refractivity contribution is 1.21. The molecule has 0 unspecified atom stereocenters. The Morgan fingerprint density at radius 3 is 2.63 bits per heavy atom. The molecule has 2 aromatic heterocycles. The van der Waals surface area contributed by atoms with Crippen molar-refractivity contribution in [1.29, 1.82) is 5.41 Å². The van der Waals surface area contributed by atoms with Gasteiger partial charge in [-0.15, -0.1) is 0 Å². The zero-order valence-electron chi connectivity index (χ0n) is 9.64. The van der Waals surface area contributed by atoms with Gasteiger partial charge in [0.1, 0.15) is 12.0 Å². The zero-order valence-corrected chi connectivity index (χ0v) is 12.8. The Kier molecular flexibility index (Phi) is 4.39. The summed E-state index contributed by atoms with van der Waals surface area (Å²) >= 11 is 6.79. The third-order valence-electron chi connectivity index (χ3n) is 2.24. The number of hydrogen-bond acceptors (Lipinski definition) is 3. The molecule has 0 aliphatic heterocycles. The molecule has 19 heavy (non-hydrogen) atoms. The fourth-order valence-electron chi connectivity index (χ4n) is 1.44. The number of rotatable bonds is 3. The molecule has 0 aliphatic rings. The second kappa shape index (κ2) is 6.03. The highest BCUT2D eigenvalue weighted by Crippen LogP contribution is 2.22. The molecule has 0 aromatic carbocycles. The summed E-state index contributed by atoms with van der Waals surface area (Å²) < 4.78 is 1.74. The molecule has 0 fully saturated rings. The molecule has 0 radical (unpaired) electrons. The Morgan fingerprint density at radius 1 is 1.21 bits per heavy atom. The summed E-state index contributed by atoms with van der Waals surface area (Å²) in [6.45, 7) is 0. The minimum absolute atomic E-state index is 0.188. The molecular formula is C12H9Br2N5. The van der Waals surface area contributed by atoms with Gasteiger partial charge in [0.25, 0.3) is 0 Å². The standard InChI is InChI=1S/C12H9Br2N5/c13-7-1-2-17-9(3-7)10-4-8(14)5-11(19-10)12(16)18-6-15/h1-6H,(H3,15,16,18). The van der Waals surface area contributed by atoms with Crippen LogP contribution in [0.15, 0.2) is 44.4 Å². The predicted octanol–water partition coefficient (Wildman–Crippen LogP) is 2.98. The Morgan fingerprint density at radius 2 is 1.95 bits per heavy atom. The summed E-state index contributed by atoms with van der Waals surface area (Å²) in [6, 6.07) is 7.29. The quantitative estimate of drug-likeness (QED) is 0.631. The van der Waals surface area contributed by atoms with Crippen molar-refractivity contribution < 1.29 is 0 Å². The fourth-order valence-corrected chi connectivity index (χ4v) is 2.21. The molecule has 96 valence electrons. The summed E-state index contributed by atoms with van der Waals surface area (Å²) in [7, 11) is 0. The van der Waals surface area contributed by atoms with E-state index in [-0.39, 0.29) is 5.84 Å². The molecular weight excluding hydrogens is 374 g/mol. The van der Waals surface area contributed by atoms with E-state index < -0.39 is 0 Å². The van der Waals surface area contributed by atoms with E-state index in [4.69, 9.17) is 11.1 Å². The van der Waals surface area contributed by atoms with Crippen molar-refractivity contribution in [1.82, 2.24) is 9.97 Å². The Balaban J connectivity index is 2.53. The number of nitrogens with one attached hydrogen (secondary N) is 1. The lowest BCUT2D eigenvalue weighted by Gasteiger charge is -2.05. The van der Waals surface area contributed by atoms with Gasteiger partial charge in [-0.05, 0) is 24.3 Å². The molecule has 5 nitrogen and oxygen atoms in total. The van der Waals surface area contributed by atoms with Crippen LogP contribution < -0.4 is 5.73 Å². The second-order valence-electron chi connectivity index (χ2n) is 3.56. The van der Waals surface area contributed by atoms with E-state index in [1.165, 1.54) is 0 Å². The number of amidine groups is 1. The van der Waals surface area contributed by atoms with Crippen LogP contribution in [0.3, 0.4) is 0 Å². The van der Waals surface area contributed by atoms with Gasteiger partial charge in [0.05, 0.1) is 11.4 Å². The van der Waals surface area contributed by atoms with Crippen molar-refractivity contribution in [3.8, 4) is 11.4 Å². The van der Waals surface area contributed by atoms with Gasteiger partial charge in [-0.25, -0.2) is 9.98 Å². The van der Waals surface area contributed by atoms with E-state index in [0.717, 1.165) is 21.0 Å². The average molecular weight is 383 g/mol. The number of hydrogen-bond donors (Lipinski definition) is 2. The van der Waals surface area contributed by atoms with Crippen LogP contribution in [0.1, 0.15) is 5.69 Å². The summed E-state index contributed by atoms with van der Waals surface area (Å²) in [4.78, 5) is 12.4. The maximum atomic E-state index is 6.93. The first kappa shape index (κ1) is 13.8. The van der Waals surface area contributed by atoms with Crippen LogP contribution in [0.4, 0.5) is 0 Å². The van der Waals surface area contributed by atoms with Crippen molar-refractivity contribution in [2.24, 2.45) is 10.7 Å². The van der Waals surface area contributed by atoms with Gasteiger partial charge in [-0.3, -0.25) is 10.4 Å². The number of nitrogens with zero attached hydrogens (tertiary/aromatic N) is 3. The van der Waals surface area contributed by atoms with Crippen molar-refractivity contribution in [2.45, 2.75) is 0 Å². The molecule has 0 saturated carbocycles. The Hall–Kier alpha value is -1.60. The molecule has 2 rings (SSSR count). The van der Waals surface area contributed by atoms with E-state index in [2.05, 4.69) is 46.8 Å². The van der Waals surface area contributed by atoms with E-state index in [1.54, 1.807) is 12.3 Å². The van der Waals surface area contributed by atoms with Crippen LogP contribution in [-0.4, -0.2) is 22.1 Å². The van der Waals surface area contributed by atoms with E-state index in [9.17, 15) is 0 Å². The first-order valence-electron chi connectivity index (χ1n) is 5.22. The molecule has 2 heterocycles. The van der Waals surface area contributed by atoms with Crippen LogP contribution in [0, 0.1) is 5.41 Å². The first-order valence-corrected chi connectivity index (χ1v) is 6.81. The highest BCUT2D eigenvalue weighted by atomic mass is 79.9. The van der Waals surface area contributed by atoms with Gasteiger partial charge in [0.15, 0.2) is 5.84 Å². The molecule has 0 bridgehead atoms. The van der Waals surface area contributed by atoms with Gasteiger partial charge in [0.2, 0.25) is 0 Å². The number of aliphatic imine (C=N–C) groups is 1. The molecule has 0 spiro atoms. The largest absolute Gasteiger partial charge is 0.382 e. The fraction of sp³-hybridized carbons (Fsp3) is 0. The monoisotopic (exact) mass is 381 g/mol. The van der Waals surface area contributed by atoms with Gasteiger partial charge in [0, 0.05) is 15.1 Å². The van der Waals surface area contributed by atoms with Crippen molar-refractivity contribution in [3.63, 3.8) is 0 Å². The van der Waals surface area contributed by atoms with Crippen LogP contribution >= 0.6 is 31.9 Å². The third-order valence-corrected chi connectivity index (χ3v) is 3.19. The van der Waals surface area contributed by atoms with Crippen molar-refractivity contribution in [2.75, 3.05) is 0 Å². The average Bonchev–Trinajstić information content (AvgIpc) is 2.38. The Labute approximate surface area is 126 Å². The maximum Gasteiger partial charge on any atom is 0.151 e. The lowest BCUT2D eigenvalue weighted by Crippen LogP contribution is -2.15. The third kappa shape index (κ3) is 3.45. The van der Waals surface area contributed by atoms with E-state index in [1.807, 2.05) is 18.2 Å². The number of nitrogens with two attached hydrogens (primary N) is 1. The minimum atomic E-state index is 0.188. The zero-order chi connectivity index (χ0) is 13.8. The molecule has 0 atom stereocenters. The van der Waals surface area contributed by atoms with Gasteiger partial charge in [-0.1, -0.05) is 31.9 Å². The molecule has 0 amide bonds. The van der Waals surface area contributed by atoms with E-state index in [0.29, 0.717) is 11.4 Å². The Bertz CT molecular complexity index is 654. The number of aromatic nitrogens is 2. The smallest absolute Gasteiger partial charge is 0.151 e. The van der Waals surface area contributed by atoms with Crippen LogP contribution in [-0.2, 0) is 0 Å². The summed E-state index contributed by atoms with van der Waals surface area (Å²) in [5.74, 6) is 0.188. The number of halogens is 2. The summed E-state index contributed by atoms with van der Waals surface area (Å²) in [5.41, 5.74) is 7.63. The second-order valence-corrected chi connectivity index (χ2v) is 5.39. The maximum absolute atomic E-state index is 6.93. The molecule has 3 N–H and O–H groups in total. The number of pyridine rings is 2. The van der Waals surface area contributed by atoms with Gasteiger partial charge < -0.3 is 5.73 Å². The molecule has 2 aromatic rings. The van der Waals surface area contributed by atoms with Crippen molar-refractivity contribution >= 4 is 44.0 Å². The molecule has 7 heteroatoms. The molecule has 0 saturated heterocycles. The predicted molar refractivity (Wildman–Crippen MR) is 82.4 cm³/mol. The minimum Gasteiger partial charge on any atom is -0.382 e. The van der Waals surface area contributed by atoms with Gasteiger partial charge in [-0.2, -0.15) is 0 Å². The van der Waals surface area contributed by atoms with Crippen molar-refractivity contribution in [3.05, 3.63) is 45.1 Å². The van der Waals surface area contributed by atoms with E-state index >= 15 is 0 Å². The topological polar surface area (TPSA) is 88.0 Å². The normalized spacial score (nSPS) is 11.4. The van der Waals surface area contributed by atoms with Crippen LogP contribution in [0.2, 0.25) is 0 Å². The highest BCUT2D eigenvalue weighted by Gasteiger charge is 2.08. The summed E-state index contributed by atoms with van der Waals surface area (Å²) in [5, 5.41) is 6.93. The molecule has 0 aliphatic carbocycles. The van der Waals surface area contributed by atoms with Gasteiger partial charge >= 0.3 is 0 Å². The summed E-state index contributed by atoms with van der Waals surface area (Å²) in [6.07, 6.45) is 2.58. The highest BCUT2D eigenvalue weighted by molar-refractivity contribution is 9.10. The van der Waals surface area contributed by atoms with Crippen LogP contribution in [0.5, 0.6) is 0 Å². The van der Waals surface area contributed by atoms with Crippen LogP contribution in [0.25, 0.3) is 11.4 Å². The lowest BCUT2D eigenvalue weighted by atomic mass is 10.2. The first-order chi connectivity index (χ1) is 9.10. The SMILES string of the molecule is N=CN=C(N)c1cc(Br)cc(-c2cc(Br)ccn2)n1.